The van der Waals surface area contributed by atoms with Crippen LogP contribution in [0.5, 0.6) is 0 Å². The van der Waals surface area contributed by atoms with Gasteiger partial charge in [-0.15, -0.1) is 0 Å². The summed E-state index contributed by atoms with van der Waals surface area (Å²) in [6.07, 6.45) is 1.14. The van der Waals surface area contributed by atoms with Crippen molar-refractivity contribution >= 4 is 46.0 Å². The summed E-state index contributed by atoms with van der Waals surface area (Å²) in [5.74, 6) is 0.690. The number of halogens is 2. The van der Waals surface area contributed by atoms with Crippen LogP contribution in [0, 0.1) is 0 Å². The number of nitrogens with zero attached hydrogens (tertiary/aromatic N) is 6. The smallest absolute Gasteiger partial charge is 0.253 e. The molecule has 1 N–H and O–H groups in total. The fourth-order valence-corrected chi connectivity index (χ4v) is 4.78. The highest BCUT2D eigenvalue weighted by Gasteiger charge is 2.38. The predicted molar refractivity (Wildman–Crippen MR) is 123 cm³/mol. The third-order valence-corrected chi connectivity index (χ3v) is 6.57. The zero-order valence-electron chi connectivity index (χ0n) is 17.2. The average Bonchev–Trinajstić information content (AvgIpc) is 3.20. The Bertz CT molecular complexity index is 1140. The monoisotopic (exact) mass is 472 g/mol. The van der Waals surface area contributed by atoms with Crippen LogP contribution in [-0.4, -0.2) is 87.2 Å². The Morgan fingerprint density at radius 3 is 2.50 bits per heavy atom. The van der Waals surface area contributed by atoms with E-state index in [9.17, 15) is 9.90 Å². The Kier molecular flexibility index (Phi) is 5.86. The SMILES string of the molecule is O=C(c1ccc(Cl)cc1)N1CCN([C@@H]2CN(c3nc(Cl)nc4ncccc34)C[C@H]2O)CC1. The number of hydrogen-bond donors (Lipinski definition) is 1. The number of β-amino-alcohol motifs (C(OH)–C–C–N with tert-alkyl or cyclic N) is 1. The van der Waals surface area contributed by atoms with Crippen molar-refractivity contribution in [2.45, 2.75) is 12.1 Å². The van der Waals surface area contributed by atoms with Crippen molar-refractivity contribution in [2.75, 3.05) is 44.2 Å². The van der Waals surface area contributed by atoms with Gasteiger partial charge in [0, 0.05) is 56.1 Å². The number of benzene rings is 1. The van der Waals surface area contributed by atoms with Crippen LogP contribution in [-0.2, 0) is 0 Å². The molecule has 0 radical (unpaired) electrons. The van der Waals surface area contributed by atoms with Crippen molar-refractivity contribution in [3.8, 4) is 0 Å². The maximum atomic E-state index is 12.8. The first-order valence-corrected chi connectivity index (χ1v) is 11.3. The van der Waals surface area contributed by atoms with E-state index in [2.05, 4.69) is 19.9 Å². The van der Waals surface area contributed by atoms with Gasteiger partial charge in [0.15, 0.2) is 5.65 Å². The molecule has 0 spiro atoms. The number of aromatic nitrogens is 3. The number of piperazine rings is 1. The minimum Gasteiger partial charge on any atom is -0.390 e. The molecule has 0 bridgehead atoms. The summed E-state index contributed by atoms with van der Waals surface area (Å²) in [5.41, 5.74) is 1.17. The second kappa shape index (κ2) is 8.78. The lowest BCUT2D eigenvalue weighted by atomic mass is 10.1. The van der Waals surface area contributed by atoms with E-state index in [1.165, 1.54) is 0 Å². The molecule has 2 fully saturated rings. The molecule has 2 aliphatic heterocycles. The van der Waals surface area contributed by atoms with Crippen LogP contribution < -0.4 is 4.90 Å². The van der Waals surface area contributed by atoms with Crippen LogP contribution >= 0.6 is 23.2 Å². The zero-order valence-corrected chi connectivity index (χ0v) is 18.7. The number of amides is 1. The van der Waals surface area contributed by atoms with E-state index in [4.69, 9.17) is 23.2 Å². The summed E-state index contributed by atoms with van der Waals surface area (Å²) in [4.78, 5) is 31.8. The van der Waals surface area contributed by atoms with E-state index in [0.717, 1.165) is 5.39 Å². The van der Waals surface area contributed by atoms with Gasteiger partial charge >= 0.3 is 0 Å². The average molecular weight is 473 g/mol. The van der Waals surface area contributed by atoms with Crippen LogP contribution in [0.4, 0.5) is 5.82 Å². The third-order valence-electron chi connectivity index (χ3n) is 6.14. The Morgan fingerprint density at radius 1 is 1.00 bits per heavy atom. The Hall–Kier alpha value is -2.52. The molecule has 8 nitrogen and oxygen atoms in total. The van der Waals surface area contributed by atoms with Gasteiger partial charge in [-0.25, -0.2) is 4.98 Å². The van der Waals surface area contributed by atoms with E-state index < -0.39 is 6.10 Å². The summed E-state index contributed by atoms with van der Waals surface area (Å²) in [5, 5.41) is 12.4. The van der Waals surface area contributed by atoms with E-state index in [0.29, 0.717) is 61.3 Å². The van der Waals surface area contributed by atoms with Gasteiger partial charge in [-0.05, 0) is 48.0 Å². The largest absolute Gasteiger partial charge is 0.390 e. The van der Waals surface area contributed by atoms with Crippen molar-refractivity contribution in [1.29, 1.82) is 0 Å². The molecule has 0 aliphatic carbocycles. The van der Waals surface area contributed by atoms with Gasteiger partial charge in [0.25, 0.3) is 5.91 Å². The first kappa shape index (κ1) is 21.3. The van der Waals surface area contributed by atoms with Crippen molar-refractivity contribution in [3.63, 3.8) is 0 Å². The zero-order chi connectivity index (χ0) is 22.2. The van der Waals surface area contributed by atoms with E-state index in [1.54, 1.807) is 30.5 Å². The van der Waals surface area contributed by atoms with Crippen LogP contribution in [0.2, 0.25) is 10.3 Å². The number of carbonyl (C=O) groups excluding carboxylic acids is 1. The summed E-state index contributed by atoms with van der Waals surface area (Å²) >= 11 is 12.0. The molecule has 0 saturated carbocycles. The third kappa shape index (κ3) is 4.11. The number of hydrogen-bond acceptors (Lipinski definition) is 7. The van der Waals surface area contributed by atoms with E-state index in [1.807, 2.05) is 21.9 Å². The van der Waals surface area contributed by atoms with Crippen molar-refractivity contribution in [2.24, 2.45) is 0 Å². The van der Waals surface area contributed by atoms with Crippen molar-refractivity contribution in [1.82, 2.24) is 24.8 Å². The lowest BCUT2D eigenvalue weighted by Gasteiger charge is -2.38. The molecule has 4 heterocycles. The van der Waals surface area contributed by atoms with Gasteiger partial charge in [0.1, 0.15) is 5.82 Å². The molecule has 2 atom stereocenters. The number of anilines is 1. The van der Waals surface area contributed by atoms with Gasteiger partial charge in [-0.3, -0.25) is 9.69 Å². The van der Waals surface area contributed by atoms with Gasteiger partial charge in [-0.2, -0.15) is 9.97 Å². The highest BCUT2D eigenvalue weighted by atomic mass is 35.5. The van der Waals surface area contributed by atoms with Crippen LogP contribution in [0.15, 0.2) is 42.6 Å². The van der Waals surface area contributed by atoms with E-state index in [-0.39, 0.29) is 17.2 Å². The molecule has 10 heteroatoms. The van der Waals surface area contributed by atoms with Crippen LogP contribution in [0.3, 0.4) is 0 Å². The molecule has 1 aromatic carbocycles. The minimum atomic E-state index is -0.533. The van der Waals surface area contributed by atoms with Gasteiger partial charge in [-0.1, -0.05) is 11.6 Å². The van der Waals surface area contributed by atoms with Crippen LogP contribution in [0.1, 0.15) is 10.4 Å². The maximum Gasteiger partial charge on any atom is 0.253 e. The molecular weight excluding hydrogens is 451 g/mol. The Labute approximate surface area is 195 Å². The number of aliphatic hydroxyl groups is 1. The first-order valence-electron chi connectivity index (χ1n) is 10.5. The summed E-state index contributed by atoms with van der Waals surface area (Å²) in [6, 6.07) is 10.7. The molecule has 2 aliphatic rings. The maximum absolute atomic E-state index is 12.8. The Morgan fingerprint density at radius 2 is 1.75 bits per heavy atom. The normalized spacial score (nSPS) is 22.0. The first-order chi connectivity index (χ1) is 15.5. The summed E-state index contributed by atoms with van der Waals surface area (Å²) in [7, 11) is 0. The molecular formula is C22H22Cl2N6O2. The number of rotatable bonds is 3. The molecule has 32 heavy (non-hydrogen) atoms. The highest BCUT2D eigenvalue weighted by Crippen LogP contribution is 2.29. The van der Waals surface area contributed by atoms with Crippen molar-refractivity contribution < 1.29 is 9.90 Å². The highest BCUT2D eigenvalue weighted by molar-refractivity contribution is 6.30. The second-order valence-corrected chi connectivity index (χ2v) is 8.84. The Balaban J connectivity index is 1.26. The number of aliphatic hydroxyl groups excluding tert-OH is 1. The summed E-state index contributed by atoms with van der Waals surface area (Å²) in [6.45, 7) is 3.67. The fourth-order valence-electron chi connectivity index (χ4n) is 4.49. The number of carbonyl (C=O) groups is 1. The molecule has 0 unspecified atom stereocenters. The topological polar surface area (TPSA) is 85.7 Å². The summed E-state index contributed by atoms with van der Waals surface area (Å²) < 4.78 is 0. The molecule has 3 aromatic rings. The number of pyridine rings is 1. The van der Waals surface area contributed by atoms with Gasteiger partial charge < -0.3 is 14.9 Å². The lowest BCUT2D eigenvalue weighted by molar-refractivity contribution is 0.0376. The molecule has 2 aromatic heterocycles. The molecule has 1 amide bonds. The standard InChI is InChI=1S/C22H22Cl2N6O2/c23-15-5-3-14(4-6-15)21(32)29-10-8-28(9-11-29)17-12-30(13-18(17)31)20-16-2-1-7-25-19(16)26-22(24)27-20/h1-7,17-18,31H,8-13H2/t17-,18-/m1/s1. The lowest BCUT2D eigenvalue weighted by Crippen LogP contribution is -2.54. The quantitative estimate of drug-likeness (QED) is 0.585. The predicted octanol–water partition coefficient (Wildman–Crippen LogP) is 2.34. The molecule has 166 valence electrons. The fraction of sp³-hybridized carbons (Fsp3) is 0.364. The minimum absolute atomic E-state index is 0.00418. The molecule has 2 saturated heterocycles. The van der Waals surface area contributed by atoms with Gasteiger partial charge in [0.2, 0.25) is 5.28 Å². The molecule has 5 rings (SSSR count). The van der Waals surface area contributed by atoms with E-state index >= 15 is 0 Å². The number of fused-ring (bicyclic) bond motifs is 1. The van der Waals surface area contributed by atoms with Crippen LogP contribution in [0.25, 0.3) is 11.0 Å². The second-order valence-electron chi connectivity index (χ2n) is 8.07. The van der Waals surface area contributed by atoms with Gasteiger partial charge in [0.05, 0.1) is 17.5 Å². The van der Waals surface area contributed by atoms with Crippen molar-refractivity contribution in [3.05, 3.63) is 58.5 Å².